The Morgan fingerprint density at radius 1 is 0.973 bits per heavy atom. The first kappa shape index (κ1) is 24.6. The van der Waals surface area contributed by atoms with Crippen LogP contribution in [0, 0.1) is 6.92 Å². The van der Waals surface area contributed by atoms with Crippen molar-refractivity contribution in [2.45, 2.75) is 45.1 Å². The topological polar surface area (TPSA) is 66.2 Å². The van der Waals surface area contributed by atoms with Crippen LogP contribution in [-0.2, 0) is 11.3 Å². The van der Waals surface area contributed by atoms with Gasteiger partial charge >= 0.3 is 5.97 Å². The molecule has 1 heterocycles. The summed E-state index contributed by atoms with van der Waals surface area (Å²) in [6.07, 6.45) is -0.164. The summed E-state index contributed by atoms with van der Waals surface area (Å²) in [5.74, 6) is -2.50. The van der Waals surface area contributed by atoms with Crippen molar-refractivity contribution in [3.63, 3.8) is 0 Å². The zero-order valence-electron chi connectivity index (χ0n) is 20.7. The maximum Gasteiger partial charge on any atom is 0.364 e. The molecule has 1 fully saturated rings. The van der Waals surface area contributed by atoms with Crippen LogP contribution >= 0.6 is 0 Å². The van der Waals surface area contributed by atoms with Crippen molar-refractivity contribution in [1.29, 1.82) is 0 Å². The second kappa shape index (κ2) is 10.1. The normalized spacial score (nSPS) is 14.7. The lowest BCUT2D eigenvalue weighted by atomic mass is 9.76. The smallest absolute Gasteiger partial charge is 0.364 e. The van der Waals surface area contributed by atoms with Gasteiger partial charge in [0.15, 0.2) is 0 Å². The van der Waals surface area contributed by atoms with Gasteiger partial charge in [-0.2, -0.15) is 0 Å². The second-order valence-electron chi connectivity index (χ2n) is 9.32. The standard InChI is InChI=1S/C29H27F2N3O3/c1-3-36-28(35)26-27(34(33-32-26)18-20-6-4-19(2)5-7-20)37-25-14-12-22(13-15-25)21-8-10-23(11-9-21)24-16-29(30,31)17-24/h4-15,24H,3,16-18H2,1-2H3. The van der Waals surface area contributed by atoms with Crippen LogP contribution in [0.3, 0.4) is 0 Å². The maximum absolute atomic E-state index is 13.2. The minimum Gasteiger partial charge on any atom is -0.461 e. The van der Waals surface area contributed by atoms with Gasteiger partial charge in [0.05, 0.1) is 13.2 Å². The van der Waals surface area contributed by atoms with Crippen molar-refractivity contribution in [2.24, 2.45) is 0 Å². The number of carbonyl (C=O) groups is 1. The summed E-state index contributed by atoms with van der Waals surface area (Å²) < 4.78 is 39.2. The quantitative estimate of drug-likeness (QED) is 0.248. The molecule has 0 bridgehead atoms. The summed E-state index contributed by atoms with van der Waals surface area (Å²) in [6.45, 7) is 4.32. The van der Waals surface area contributed by atoms with Crippen LogP contribution in [0.15, 0.2) is 72.8 Å². The molecule has 0 amide bonds. The summed E-state index contributed by atoms with van der Waals surface area (Å²) in [7, 11) is 0. The van der Waals surface area contributed by atoms with Gasteiger partial charge in [-0.3, -0.25) is 0 Å². The van der Waals surface area contributed by atoms with E-state index in [0.717, 1.165) is 27.8 Å². The highest BCUT2D eigenvalue weighted by atomic mass is 19.3. The molecule has 0 spiro atoms. The number of nitrogens with zero attached hydrogens (tertiary/aromatic N) is 3. The molecule has 1 aromatic heterocycles. The van der Waals surface area contributed by atoms with Crippen LogP contribution in [0.1, 0.15) is 52.9 Å². The first-order chi connectivity index (χ1) is 17.8. The molecule has 0 radical (unpaired) electrons. The molecule has 1 aliphatic rings. The molecule has 37 heavy (non-hydrogen) atoms. The minimum atomic E-state index is -2.53. The highest BCUT2D eigenvalue weighted by Crippen LogP contribution is 2.48. The zero-order valence-corrected chi connectivity index (χ0v) is 20.7. The predicted octanol–water partition coefficient (Wildman–Crippen LogP) is 6.78. The Bertz CT molecular complexity index is 1370. The third-order valence-corrected chi connectivity index (χ3v) is 6.49. The van der Waals surface area contributed by atoms with E-state index >= 15 is 0 Å². The Kier molecular flexibility index (Phi) is 6.74. The Hall–Kier alpha value is -4.07. The Morgan fingerprint density at radius 3 is 2.19 bits per heavy atom. The number of alkyl halides is 2. The zero-order chi connectivity index (χ0) is 26.0. The fraction of sp³-hybridized carbons (Fsp3) is 0.276. The molecule has 1 aliphatic carbocycles. The number of hydrogen-bond acceptors (Lipinski definition) is 5. The van der Waals surface area contributed by atoms with E-state index in [9.17, 15) is 13.6 Å². The predicted molar refractivity (Wildman–Crippen MR) is 135 cm³/mol. The molecule has 3 aromatic carbocycles. The van der Waals surface area contributed by atoms with E-state index in [4.69, 9.17) is 9.47 Å². The summed E-state index contributed by atoms with van der Waals surface area (Å²) in [5, 5.41) is 8.15. The molecule has 0 unspecified atom stereocenters. The summed E-state index contributed by atoms with van der Waals surface area (Å²) >= 11 is 0. The second-order valence-corrected chi connectivity index (χ2v) is 9.32. The van der Waals surface area contributed by atoms with Crippen LogP contribution in [0.4, 0.5) is 8.78 Å². The molecule has 0 N–H and O–H groups in total. The number of aryl methyl sites for hydroxylation is 1. The molecule has 190 valence electrons. The fourth-order valence-electron chi connectivity index (χ4n) is 4.37. The van der Waals surface area contributed by atoms with Crippen LogP contribution in [0.5, 0.6) is 11.6 Å². The van der Waals surface area contributed by atoms with Gasteiger partial charge < -0.3 is 9.47 Å². The number of benzene rings is 3. The summed E-state index contributed by atoms with van der Waals surface area (Å²) in [4.78, 5) is 12.5. The Labute approximate surface area is 213 Å². The van der Waals surface area contributed by atoms with Gasteiger partial charge in [0.1, 0.15) is 5.75 Å². The molecule has 0 saturated heterocycles. The SMILES string of the molecule is CCOC(=O)c1nnn(Cc2ccc(C)cc2)c1Oc1ccc(-c2ccc(C3CC(F)(F)C3)cc2)cc1. The van der Waals surface area contributed by atoms with Crippen molar-refractivity contribution >= 4 is 5.97 Å². The van der Waals surface area contributed by atoms with Crippen molar-refractivity contribution in [3.8, 4) is 22.8 Å². The van der Waals surface area contributed by atoms with E-state index in [1.807, 2.05) is 67.6 Å². The first-order valence-electron chi connectivity index (χ1n) is 12.2. The summed E-state index contributed by atoms with van der Waals surface area (Å²) in [5.41, 5.74) is 5.01. The lowest BCUT2D eigenvalue weighted by Crippen LogP contribution is -2.33. The van der Waals surface area contributed by atoms with E-state index in [1.54, 1.807) is 19.1 Å². The average molecular weight is 504 g/mol. The first-order valence-corrected chi connectivity index (χ1v) is 12.2. The van der Waals surface area contributed by atoms with Gasteiger partial charge in [-0.1, -0.05) is 71.4 Å². The summed E-state index contributed by atoms with van der Waals surface area (Å²) in [6, 6.07) is 23.1. The molecular weight excluding hydrogens is 476 g/mol. The van der Waals surface area contributed by atoms with E-state index in [-0.39, 0.29) is 36.9 Å². The molecule has 0 atom stereocenters. The van der Waals surface area contributed by atoms with Crippen LogP contribution in [0.25, 0.3) is 11.1 Å². The molecule has 5 rings (SSSR count). The lowest BCUT2D eigenvalue weighted by molar-refractivity contribution is -0.0867. The van der Waals surface area contributed by atoms with Gasteiger partial charge in [0, 0.05) is 12.8 Å². The van der Waals surface area contributed by atoms with Crippen molar-refractivity contribution in [2.75, 3.05) is 6.61 Å². The van der Waals surface area contributed by atoms with Crippen LogP contribution in [0.2, 0.25) is 0 Å². The van der Waals surface area contributed by atoms with Gasteiger partial charge in [-0.05, 0) is 54.2 Å². The number of ether oxygens (including phenoxy) is 2. The Balaban J connectivity index is 1.34. The number of esters is 1. The highest BCUT2D eigenvalue weighted by molar-refractivity contribution is 5.89. The number of carbonyl (C=O) groups excluding carboxylic acids is 1. The van der Waals surface area contributed by atoms with E-state index in [0.29, 0.717) is 12.3 Å². The molecule has 8 heteroatoms. The molecule has 1 saturated carbocycles. The minimum absolute atomic E-state index is 0.00944. The third kappa shape index (κ3) is 5.53. The van der Waals surface area contributed by atoms with Gasteiger partial charge in [-0.15, -0.1) is 5.10 Å². The van der Waals surface area contributed by atoms with Crippen molar-refractivity contribution < 1.29 is 23.0 Å². The molecule has 4 aromatic rings. The van der Waals surface area contributed by atoms with Gasteiger partial charge in [0.2, 0.25) is 11.6 Å². The van der Waals surface area contributed by atoms with Gasteiger partial charge in [-0.25, -0.2) is 18.3 Å². The largest absolute Gasteiger partial charge is 0.461 e. The van der Waals surface area contributed by atoms with Gasteiger partial charge in [0.25, 0.3) is 5.88 Å². The van der Waals surface area contributed by atoms with E-state index < -0.39 is 11.9 Å². The van der Waals surface area contributed by atoms with E-state index in [2.05, 4.69) is 10.3 Å². The number of halogens is 2. The fourth-order valence-corrected chi connectivity index (χ4v) is 4.37. The molecule has 6 nitrogen and oxygen atoms in total. The van der Waals surface area contributed by atoms with Crippen molar-refractivity contribution in [3.05, 3.63) is 95.2 Å². The average Bonchev–Trinajstić information content (AvgIpc) is 3.26. The highest BCUT2D eigenvalue weighted by Gasteiger charge is 2.45. The molecular formula is C29H27F2N3O3. The van der Waals surface area contributed by atoms with Crippen LogP contribution < -0.4 is 4.74 Å². The third-order valence-electron chi connectivity index (χ3n) is 6.49. The van der Waals surface area contributed by atoms with Crippen molar-refractivity contribution in [1.82, 2.24) is 15.0 Å². The van der Waals surface area contributed by atoms with E-state index in [1.165, 1.54) is 4.68 Å². The maximum atomic E-state index is 13.2. The monoisotopic (exact) mass is 503 g/mol. The molecule has 0 aliphatic heterocycles. The number of aromatic nitrogens is 3. The Morgan fingerprint density at radius 2 is 1.59 bits per heavy atom. The van der Waals surface area contributed by atoms with Crippen LogP contribution in [-0.4, -0.2) is 33.5 Å². The number of hydrogen-bond donors (Lipinski definition) is 0. The lowest BCUT2D eigenvalue weighted by Gasteiger charge is -2.35. The number of rotatable bonds is 8.